The summed E-state index contributed by atoms with van der Waals surface area (Å²) in [5.74, 6) is -0.590. The Hall–Kier alpha value is -1.60. The zero-order valence-corrected chi connectivity index (χ0v) is 12.6. The lowest BCUT2D eigenvalue weighted by atomic mass is 10.3. The first-order chi connectivity index (χ1) is 8.97. The smallest absolute Gasteiger partial charge is 0.354 e. The molecule has 1 heterocycles. The number of halogens is 2. The average Bonchev–Trinajstić information content (AvgIpc) is 2.34. The molecule has 0 fully saturated rings. The van der Waals surface area contributed by atoms with Crippen molar-refractivity contribution >= 4 is 43.5 Å². The van der Waals surface area contributed by atoms with Gasteiger partial charge in [0.1, 0.15) is 5.75 Å². The van der Waals surface area contributed by atoms with E-state index in [9.17, 15) is 4.79 Å². The molecule has 2 aromatic rings. The molecule has 19 heavy (non-hydrogen) atoms. The van der Waals surface area contributed by atoms with E-state index in [1.807, 2.05) is 0 Å². The van der Waals surface area contributed by atoms with E-state index >= 15 is 0 Å². The number of rotatable bonds is 3. The van der Waals surface area contributed by atoms with Crippen molar-refractivity contribution in [3.63, 3.8) is 0 Å². The molecular weight excluding hydrogens is 380 g/mol. The molecule has 0 saturated heterocycles. The highest BCUT2D eigenvalue weighted by Crippen LogP contribution is 2.33. The molecule has 0 unspecified atom stereocenters. The molecule has 3 N–H and O–H groups in total. The summed E-state index contributed by atoms with van der Waals surface area (Å²) in [5.41, 5.74) is 5.85. The Balaban J connectivity index is 2.37. The minimum Gasteiger partial charge on any atom is -0.477 e. The molecule has 0 aliphatic rings. The van der Waals surface area contributed by atoms with Crippen molar-refractivity contribution in [2.45, 2.75) is 0 Å². The van der Waals surface area contributed by atoms with E-state index in [1.165, 1.54) is 12.1 Å². The van der Waals surface area contributed by atoms with Crippen LogP contribution in [0.1, 0.15) is 10.5 Å². The van der Waals surface area contributed by atoms with Gasteiger partial charge in [-0.3, -0.25) is 0 Å². The number of carboxylic acid groups (broad SMARTS) is 1. The molecular formula is C12H8Br2N2O3. The first kappa shape index (κ1) is 13.8. The number of nitrogens with zero attached hydrogens (tertiary/aromatic N) is 1. The van der Waals surface area contributed by atoms with Crippen LogP contribution < -0.4 is 10.5 Å². The predicted molar refractivity (Wildman–Crippen MR) is 77.5 cm³/mol. The number of carbonyl (C=O) groups is 1. The van der Waals surface area contributed by atoms with Crippen molar-refractivity contribution < 1.29 is 14.6 Å². The molecule has 7 heteroatoms. The maximum Gasteiger partial charge on any atom is 0.354 e. The fourth-order valence-electron chi connectivity index (χ4n) is 1.31. The second kappa shape index (κ2) is 5.58. The van der Waals surface area contributed by atoms with E-state index in [4.69, 9.17) is 15.6 Å². The van der Waals surface area contributed by atoms with Gasteiger partial charge in [-0.05, 0) is 46.3 Å². The number of hydrogen-bond donors (Lipinski definition) is 2. The Morgan fingerprint density at radius 1 is 1.26 bits per heavy atom. The lowest BCUT2D eigenvalue weighted by Crippen LogP contribution is -2.03. The van der Waals surface area contributed by atoms with Crippen molar-refractivity contribution in [1.82, 2.24) is 4.98 Å². The summed E-state index contributed by atoms with van der Waals surface area (Å²) in [4.78, 5) is 14.7. The van der Waals surface area contributed by atoms with Gasteiger partial charge < -0.3 is 15.6 Å². The van der Waals surface area contributed by atoms with Crippen molar-refractivity contribution in [3.8, 4) is 11.6 Å². The Kier molecular flexibility index (Phi) is 4.06. The van der Waals surface area contributed by atoms with Crippen LogP contribution in [0.2, 0.25) is 0 Å². The van der Waals surface area contributed by atoms with Crippen LogP contribution in [0, 0.1) is 0 Å². The summed E-state index contributed by atoms with van der Waals surface area (Å²) < 4.78 is 7.10. The predicted octanol–water partition coefficient (Wildman–Crippen LogP) is 3.68. The fraction of sp³-hybridized carbons (Fsp3) is 0. The number of aromatic carboxylic acids is 1. The molecule has 1 aromatic heterocycles. The average molecular weight is 388 g/mol. The molecule has 0 atom stereocenters. The van der Waals surface area contributed by atoms with Gasteiger partial charge in [-0.25, -0.2) is 9.78 Å². The van der Waals surface area contributed by atoms with Gasteiger partial charge in [-0.1, -0.05) is 15.9 Å². The SMILES string of the molecule is Nc1ccc(C(=O)O)nc1Oc1ccc(Br)cc1Br. The third kappa shape index (κ3) is 3.24. The van der Waals surface area contributed by atoms with E-state index < -0.39 is 5.97 Å². The monoisotopic (exact) mass is 386 g/mol. The molecule has 98 valence electrons. The molecule has 0 aliphatic carbocycles. The van der Waals surface area contributed by atoms with E-state index in [0.29, 0.717) is 10.2 Å². The summed E-state index contributed by atoms with van der Waals surface area (Å²) in [7, 11) is 0. The number of pyridine rings is 1. The molecule has 0 radical (unpaired) electrons. The molecule has 0 spiro atoms. The van der Waals surface area contributed by atoms with Crippen LogP contribution >= 0.6 is 31.9 Å². The molecule has 0 saturated carbocycles. The number of carboxylic acids is 1. The summed E-state index contributed by atoms with van der Waals surface area (Å²) >= 11 is 6.66. The molecule has 2 rings (SSSR count). The van der Waals surface area contributed by atoms with Crippen LogP contribution in [-0.4, -0.2) is 16.1 Å². The van der Waals surface area contributed by atoms with Crippen LogP contribution in [0.5, 0.6) is 11.6 Å². The summed E-state index contributed by atoms with van der Waals surface area (Å²) in [5, 5.41) is 8.88. The van der Waals surface area contributed by atoms with Crippen LogP contribution in [-0.2, 0) is 0 Å². The minimum absolute atomic E-state index is 0.0583. The van der Waals surface area contributed by atoms with E-state index in [1.54, 1.807) is 18.2 Å². The Morgan fingerprint density at radius 3 is 2.63 bits per heavy atom. The first-order valence-corrected chi connectivity index (χ1v) is 6.68. The van der Waals surface area contributed by atoms with Crippen LogP contribution in [0.4, 0.5) is 5.69 Å². The maximum atomic E-state index is 10.9. The van der Waals surface area contributed by atoms with Crippen LogP contribution in [0.15, 0.2) is 39.3 Å². The molecule has 5 nitrogen and oxygen atoms in total. The highest BCUT2D eigenvalue weighted by Gasteiger charge is 2.12. The number of anilines is 1. The molecule has 0 aliphatic heterocycles. The highest BCUT2D eigenvalue weighted by molar-refractivity contribution is 9.11. The largest absolute Gasteiger partial charge is 0.477 e. The lowest BCUT2D eigenvalue weighted by molar-refractivity contribution is 0.0689. The zero-order chi connectivity index (χ0) is 14.0. The number of ether oxygens (including phenoxy) is 1. The first-order valence-electron chi connectivity index (χ1n) is 5.10. The van der Waals surface area contributed by atoms with Crippen molar-refractivity contribution in [3.05, 3.63) is 45.0 Å². The number of aromatic nitrogens is 1. The lowest BCUT2D eigenvalue weighted by Gasteiger charge is -2.09. The highest BCUT2D eigenvalue weighted by atomic mass is 79.9. The number of nitrogens with two attached hydrogens (primary N) is 1. The Labute approximate surface area is 125 Å². The van der Waals surface area contributed by atoms with Gasteiger partial charge in [-0.15, -0.1) is 0 Å². The normalized spacial score (nSPS) is 10.2. The van der Waals surface area contributed by atoms with Crippen molar-refractivity contribution in [1.29, 1.82) is 0 Å². The van der Waals surface area contributed by atoms with Crippen molar-refractivity contribution in [2.24, 2.45) is 0 Å². The van der Waals surface area contributed by atoms with Gasteiger partial charge in [0.15, 0.2) is 5.69 Å². The minimum atomic E-state index is -1.14. The molecule has 0 amide bonds. The molecule has 0 bridgehead atoms. The second-order valence-electron chi connectivity index (χ2n) is 3.57. The Morgan fingerprint density at radius 2 is 2.00 bits per heavy atom. The topological polar surface area (TPSA) is 85.4 Å². The number of benzene rings is 1. The summed E-state index contributed by atoms with van der Waals surface area (Å²) in [6.45, 7) is 0. The van der Waals surface area contributed by atoms with Crippen LogP contribution in [0.3, 0.4) is 0 Å². The zero-order valence-electron chi connectivity index (χ0n) is 9.43. The Bertz CT molecular complexity index is 647. The van der Waals surface area contributed by atoms with Gasteiger partial charge in [-0.2, -0.15) is 0 Å². The van der Waals surface area contributed by atoms with E-state index in [2.05, 4.69) is 36.8 Å². The molecule has 1 aromatic carbocycles. The maximum absolute atomic E-state index is 10.9. The third-order valence-electron chi connectivity index (χ3n) is 2.21. The van der Waals surface area contributed by atoms with Crippen LogP contribution in [0.25, 0.3) is 0 Å². The summed E-state index contributed by atoms with van der Waals surface area (Å²) in [6.07, 6.45) is 0. The van der Waals surface area contributed by atoms with Gasteiger partial charge in [0.2, 0.25) is 5.88 Å². The van der Waals surface area contributed by atoms with E-state index in [-0.39, 0.29) is 17.3 Å². The number of hydrogen-bond acceptors (Lipinski definition) is 4. The van der Waals surface area contributed by atoms with Crippen molar-refractivity contribution in [2.75, 3.05) is 5.73 Å². The van der Waals surface area contributed by atoms with Gasteiger partial charge >= 0.3 is 5.97 Å². The fourth-order valence-corrected chi connectivity index (χ4v) is 2.44. The van der Waals surface area contributed by atoms with E-state index in [0.717, 1.165) is 4.47 Å². The second-order valence-corrected chi connectivity index (χ2v) is 5.34. The standard InChI is InChI=1S/C12H8Br2N2O3/c13-6-1-4-10(7(14)5-6)19-11-8(15)2-3-9(16-11)12(17)18/h1-5H,15H2,(H,17,18). The quantitative estimate of drug-likeness (QED) is 0.838. The van der Waals surface area contributed by atoms with Gasteiger partial charge in [0, 0.05) is 4.47 Å². The summed E-state index contributed by atoms with van der Waals surface area (Å²) in [6, 6.07) is 8.06. The van der Waals surface area contributed by atoms with Gasteiger partial charge in [0.25, 0.3) is 0 Å². The number of nitrogen functional groups attached to an aromatic ring is 1. The third-order valence-corrected chi connectivity index (χ3v) is 3.32. The van der Waals surface area contributed by atoms with Gasteiger partial charge in [0.05, 0.1) is 10.2 Å².